The molecule has 0 aliphatic rings. The zero-order chi connectivity index (χ0) is 8.27. The summed E-state index contributed by atoms with van der Waals surface area (Å²) in [4.78, 5) is 11.1. The minimum Gasteiger partial charge on any atom is -0.461 e. The van der Waals surface area contributed by atoms with Gasteiger partial charge in [0.25, 0.3) is 0 Å². The van der Waals surface area contributed by atoms with Crippen LogP contribution in [0.3, 0.4) is 0 Å². The predicted molar refractivity (Wildman–Crippen MR) is 37.8 cm³/mol. The van der Waals surface area contributed by atoms with Crippen molar-refractivity contribution in [2.24, 2.45) is 5.92 Å². The fourth-order valence-corrected chi connectivity index (χ4v) is 0.691. The van der Waals surface area contributed by atoms with E-state index in [2.05, 4.69) is 0 Å². The zero-order valence-corrected chi connectivity index (χ0v) is 6.07. The van der Waals surface area contributed by atoms with Gasteiger partial charge >= 0.3 is 0 Å². The van der Waals surface area contributed by atoms with Gasteiger partial charge in [-0.1, -0.05) is 0 Å². The van der Waals surface area contributed by atoms with E-state index in [9.17, 15) is 4.79 Å². The van der Waals surface area contributed by atoms with Gasteiger partial charge < -0.3 is 4.42 Å². The molecule has 0 aromatic carbocycles. The summed E-state index contributed by atoms with van der Waals surface area (Å²) in [7, 11) is 0. The highest BCUT2D eigenvalue weighted by atomic mass is 16.3. The molecule has 1 aromatic heterocycles. The number of Topliss-reactive ketones (excluding diaryl/α,β-unsaturated/α-hetero) is 1. The first-order valence-corrected chi connectivity index (χ1v) is 3.23. The molecule has 3 nitrogen and oxygen atoms in total. The number of carbonyl (C=O) groups excluding carboxylic acids is 1. The van der Waals surface area contributed by atoms with Crippen LogP contribution in [0.15, 0.2) is 22.8 Å². The van der Waals surface area contributed by atoms with Gasteiger partial charge in [0.15, 0.2) is 5.76 Å². The average Bonchev–Trinajstić information content (AvgIpc) is 2.53. The highest BCUT2D eigenvalue weighted by molar-refractivity contribution is 5.96. The van der Waals surface area contributed by atoms with E-state index in [0.29, 0.717) is 0 Å². The molecule has 0 unspecified atom stereocenters. The van der Waals surface area contributed by atoms with Gasteiger partial charge in [0.05, 0.1) is 12.3 Å². The van der Waals surface area contributed by atoms with Crippen molar-refractivity contribution in [2.45, 2.75) is 6.92 Å². The first kappa shape index (κ1) is 7.55. The summed E-state index contributed by atoms with van der Waals surface area (Å²) in [6.45, 7) is 1.55. The summed E-state index contributed by atoms with van der Waals surface area (Å²) >= 11 is 0. The van der Waals surface area contributed by atoms with Crippen LogP contribution in [-0.4, -0.2) is 5.78 Å². The molecule has 0 spiro atoms. The maximum Gasteiger partial charge on any atom is 0.214 e. The van der Waals surface area contributed by atoms with Crippen molar-refractivity contribution >= 4 is 5.78 Å². The highest BCUT2D eigenvalue weighted by Crippen LogP contribution is 2.07. The largest absolute Gasteiger partial charge is 0.461 e. The third-order valence-corrected chi connectivity index (χ3v) is 1.35. The number of furan rings is 1. The Kier molecular flexibility index (Phi) is 2.07. The second-order valence-corrected chi connectivity index (χ2v) is 2.19. The lowest BCUT2D eigenvalue weighted by molar-refractivity contribution is 0.0929. The molecule has 1 heterocycles. The molecule has 1 aromatic rings. The number of ketones is 1. The van der Waals surface area contributed by atoms with E-state index in [1.807, 2.05) is 6.07 Å². The summed E-state index contributed by atoms with van der Waals surface area (Å²) in [5.74, 6) is -0.641. The summed E-state index contributed by atoms with van der Waals surface area (Å²) < 4.78 is 4.82. The van der Waals surface area contributed by atoms with Crippen LogP contribution in [0.5, 0.6) is 0 Å². The van der Waals surface area contributed by atoms with E-state index in [4.69, 9.17) is 9.68 Å². The van der Waals surface area contributed by atoms with Crippen LogP contribution < -0.4 is 0 Å². The fraction of sp³-hybridized carbons (Fsp3) is 0.250. The van der Waals surface area contributed by atoms with E-state index >= 15 is 0 Å². The first-order chi connectivity index (χ1) is 5.25. The van der Waals surface area contributed by atoms with Crippen molar-refractivity contribution < 1.29 is 9.21 Å². The molecular formula is C8H7NO2. The highest BCUT2D eigenvalue weighted by Gasteiger charge is 2.15. The number of nitrogens with zero attached hydrogens (tertiary/aromatic N) is 1. The molecule has 0 radical (unpaired) electrons. The summed E-state index contributed by atoms with van der Waals surface area (Å²) in [6, 6.07) is 5.02. The van der Waals surface area contributed by atoms with Crippen LogP contribution in [0, 0.1) is 17.2 Å². The summed E-state index contributed by atoms with van der Waals surface area (Å²) in [5, 5.41) is 8.39. The maximum absolute atomic E-state index is 11.1. The van der Waals surface area contributed by atoms with E-state index in [1.165, 1.54) is 6.26 Å². The van der Waals surface area contributed by atoms with Gasteiger partial charge in [-0.15, -0.1) is 0 Å². The third-order valence-electron chi connectivity index (χ3n) is 1.35. The smallest absolute Gasteiger partial charge is 0.214 e. The molecule has 1 rings (SSSR count). The summed E-state index contributed by atoms with van der Waals surface area (Å²) in [6.07, 6.45) is 1.41. The molecule has 0 saturated heterocycles. The standard InChI is InChI=1S/C8H7NO2/c1-6(5-9)8(10)7-3-2-4-11-7/h2-4,6H,1H3/t6-/m1/s1. The molecule has 0 bridgehead atoms. The second-order valence-electron chi connectivity index (χ2n) is 2.19. The molecule has 0 aliphatic heterocycles. The number of hydrogen-bond donors (Lipinski definition) is 0. The minimum atomic E-state index is -0.624. The normalized spacial score (nSPS) is 12.0. The van der Waals surface area contributed by atoms with Gasteiger partial charge in [-0.25, -0.2) is 0 Å². The Labute approximate surface area is 64.2 Å². The van der Waals surface area contributed by atoms with Crippen molar-refractivity contribution in [3.05, 3.63) is 24.2 Å². The molecular weight excluding hydrogens is 142 g/mol. The molecule has 0 aliphatic carbocycles. The lowest BCUT2D eigenvalue weighted by Crippen LogP contribution is -2.07. The Hall–Kier alpha value is -1.56. The molecule has 1 atom stereocenters. The molecule has 0 N–H and O–H groups in total. The number of nitriles is 1. The van der Waals surface area contributed by atoms with Crippen molar-refractivity contribution in [3.8, 4) is 6.07 Å². The number of carbonyl (C=O) groups is 1. The van der Waals surface area contributed by atoms with Crippen LogP contribution in [0.2, 0.25) is 0 Å². The molecule has 0 fully saturated rings. The van der Waals surface area contributed by atoms with Crippen LogP contribution in [-0.2, 0) is 0 Å². The predicted octanol–water partition coefficient (Wildman–Crippen LogP) is 1.62. The van der Waals surface area contributed by atoms with Gasteiger partial charge in [-0.05, 0) is 19.1 Å². The summed E-state index contributed by atoms with van der Waals surface area (Å²) in [5.41, 5.74) is 0. The Morgan fingerprint density at radius 2 is 2.55 bits per heavy atom. The molecule has 11 heavy (non-hydrogen) atoms. The van der Waals surface area contributed by atoms with Gasteiger partial charge in [0, 0.05) is 0 Å². The molecule has 56 valence electrons. The van der Waals surface area contributed by atoms with Crippen molar-refractivity contribution in [3.63, 3.8) is 0 Å². The maximum atomic E-state index is 11.1. The quantitative estimate of drug-likeness (QED) is 0.600. The topological polar surface area (TPSA) is 54.0 Å². The monoisotopic (exact) mass is 149 g/mol. The first-order valence-electron chi connectivity index (χ1n) is 3.23. The van der Waals surface area contributed by atoms with Crippen LogP contribution in [0.25, 0.3) is 0 Å². The second kappa shape index (κ2) is 3.02. The Bertz CT molecular complexity index is 282. The Morgan fingerprint density at radius 3 is 3.00 bits per heavy atom. The van der Waals surface area contributed by atoms with E-state index < -0.39 is 5.92 Å². The van der Waals surface area contributed by atoms with Crippen molar-refractivity contribution in [1.82, 2.24) is 0 Å². The van der Waals surface area contributed by atoms with Gasteiger partial charge in [0.1, 0.15) is 5.92 Å². The Morgan fingerprint density at radius 1 is 1.82 bits per heavy atom. The Balaban J connectivity index is 2.81. The average molecular weight is 149 g/mol. The zero-order valence-electron chi connectivity index (χ0n) is 6.07. The lowest BCUT2D eigenvalue weighted by atomic mass is 10.1. The van der Waals surface area contributed by atoms with E-state index in [-0.39, 0.29) is 11.5 Å². The minimum absolute atomic E-state index is 0.249. The van der Waals surface area contributed by atoms with Crippen molar-refractivity contribution in [1.29, 1.82) is 5.26 Å². The fourth-order valence-electron chi connectivity index (χ4n) is 0.691. The lowest BCUT2D eigenvalue weighted by Gasteiger charge is -1.95. The van der Waals surface area contributed by atoms with Gasteiger partial charge in [-0.3, -0.25) is 4.79 Å². The van der Waals surface area contributed by atoms with E-state index in [0.717, 1.165) is 0 Å². The van der Waals surface area contributed by atoms with Crippen LogP contribution in [0.4, 0.5) is 0 Å². The number of hydrogen-bond acceptors (Lipinski definition) is 3. The van der Waals surface area contributed by atoms with Gasteiger partial charge in [0.2, 0.25) is 5.78 Å². The SMILES string of the molecule is C[C@H](C#N)C(=O)c1ccco1. The molecule has 0 amide bonds. The number of rotatable bonds is 2. The van der Waals surface area contributed by atoms with Crippen molar-refractivity contribution in [2.75, 3.05) is 0 Å². The molecule has 0 saturated carbocycles. The molecule has 3 heteroatoms. The van der Waals surface area contributed by atoms with Crippen LogP contribution >= 0.6 is 0 Å². The van der Waals surface area contributed by atoms with E-state index in [1.54, 1.807) is 19.1 Å². The third kappa shape index (κ3) is 1.47. The van der Waals surface area contributed by atoms with Crippen LogP contribution in [0.1, 0.15) is 17.5 Å². The van der Waals surface area contributed by atoms with Gasteiger partial charge in [-0.2, -0.15) is 5.26 Å².